The molecule has 2 heterocycles. The SMILES string of the molecule is CCC(O)c1cn(CCCn2ccnc2)nn1. The number of imidazole rings is 1. The van der Waals surface area contributed by atoms with Gasteiger partial charge in [-0.2, -0.15) is 0 Å². The summed E-state index contributed by atoms with van der Waals surface area (Å²) in [7, 11) is 0. The first-order chi connectivity index (χ1) is 8.29. The fourth-order valence-electron chi connectivity index (χ4n) is 1.62. The second-order valence-electron chi connectivity index (χ2n) is 3.98. The Morgan fingerprint density at radius 2 is 2.29 bits per heavy atom. The molecule has 0 aliphatic heterocycles. The van der Waals surface area contributed by atoms with Gasteiger partial charge in [-0.3, -0.25) is 4.68 Å². The lowest BCUT2D eigenvalue weighted by molar-refractivity contribution is 0.168. The third-order valence-electron chi connectivity index (χ3n) is 2.65. The van der Waals surface area contributed by atoms with Gasteiger partial charge in [0, 0.05) is 25.5 Å². The lowest BCUT2D eigenvalue weighted by Gasteiger charge is -2.02. The lowest BCUT2D eigenvalue weighted by atomic mass is 10.2. The van der Waals surface area contributed by atoms with Crippen molar-refractivity contribution < 1.29 is 5.11 Å². The molecule has 0 amide bonds. The zero-order valence-electron chi connectivity index (χ0n) is 9.90. The van der Waals surface area contributed by atoms with Gasteiger partial charge in [0.15, 0.2) is 0 Å². The molecule has 0 aliphatic carbocycles. The molecule has 6 heteroatoms. The van der Waals surface area contributed by atoms with E-state index < -0.39 is 6.10 Å². The number of nitrogens with zero attached hydrogens (tertiary/aromatic N) is 5. The molecule has 0 aliphatic rings. The van der Waals surface area contributed by atoms with Crippen molar-refractivity contribution in [3.8, 4) is 0 Å². The highest BCUT2D eigenvalue weighted by Crippen LogP contribution is 2.11. The maximum atomic E-state index is 9.59. The highest BCUT2D eigenvalue weighted by atomic mass is 16.3. The Hall–Kier alpha value is -1.69. The van der Waals surface area contributed by atoms with Crippen molar-refractivity contribution in [3.63, 3.8) is 0 Å². The van der Waals surface area contributed by atoms with E-state index in [0.29, 0.717) is 12.1 Å². The summed E-state index contributed by atoms with van der Waals surface area (Å²) in [6, 6.07) is 0. The van der Waals surface area contributed by atoms with Crippen molar-refractivity contribution in [3.05, 3.63) is 30.6 Å². The second kappa shape index (κ2) is 5.58. The fourth-order valence-corrected chi connectivity index (χ4v) is 1.62. The quantitative estimate of drug-likeness (QED) is 0.811. The van der Waals surface area contributed by atoms with Crippen molar-refractivity contribution in [2.75, 3.05) is 0 Å². The first-order valence-electron chi connectivity index (χ1n) is 5.83. The van der Waals surface area contributed by atoms with Gasteiger partial charge in [-0.25, -0.2) is 4.98 Å². The minimum atomic E-state index is -0.502. The zero-order valence-corrected chi connectivity index (χ0v) is 9.90. The van der Waals surface area contributed by atoms with E-state index in [2.05, 4.69) is 15.3 Å². The summed E-state index contributed by atoms with van der Waals surface area (Å²) in [5.74, 6) is 0. The molecule has 1 N–H and O–H groups in total. The highest BCUT2D eigenvalue weighted by Gasteiger charge is 2.09. The van der Waals surface area contributed by atoms with Crippen LogP contribution in [0.1, 0.15) is 31.6 Å². The van der Waals surface area contributed by atoms with Crippen LogP contribution in [0.25, 0.3) is 0 Å². The Morgan fingerprint density at radius 1 is 1.41 bits per heavy atom. The van der Waals surface area contributed by atoms with Gasteiger partial charge < -0.3 is 9.67 Å². The predicted octanol–water partition coefficient (Wildman–Crippen LogP) is 1.01. The van der Waals surface area contributed by atoms with Crippen LogP contribution in [-0.4, -0.2) is 29.7 Å². The van der Waals surface area contributed by atoms with E-state index >= 15 is 0 Å². The van der Waals surface area contributed by atoms with Gasteiger partial charge in [0.05, 0.1) is 18.6 Å². The van der Waals surface area contributed by atoms with Crippen LogP contribution in [0.2, 0.25) is 0 Å². The molecule has 2 aromatic heterocycles. The number of aliphatic hydroxyl groups is 1. The minimum absolute atomic E-state index is 0.502. The van der Waals surface area contributed by atoms with Gasteiger partial charge in [0.2, 0.25) is 0 Å². The normalized spacial score (nSPS) is 12.8. The largest absolute Gasteiger partial charge is 0.387 e. The molecule has 1 atom stereocenters. The van der Waals surface area contributed by atoms with E-state index in [9.17, 15) is 5.11 Å². The van der Waals surface area contributed by atoms with Gasteiger partial charge in [0.25, 0.3) is 0 Å². The molecule has 2 aromatic rings. The molecular weight excluding hydrogens is 218 g/mol. The maximum Gasteiger partial charge on any atom is 0.111 e. The summed E-state index contributed by atoms with van der Waals surface area (Å²) in [6.45, 7) is 3.62. The first-order valence-corrected chi connectivity index (χ1v) is 5.83. The average Bonchev–Trinajstić information content (AvgIpc) is 2.99. The number of aryl methyl sites for hydroxylation is 2. The van der Waals surface area contributed by atoms with Crippen LogP contribution in [0.5, 0.6) is 0 Å². The maximum absolute atomic E-state index is 9.59. The van der Waals surface area contributed by atoms with Crippen LogP contribution in [0, 0.1) is 0 Å². The standard InChI is InChI=1S/C11H17N5O/c1-2-11(17)10-8-16(14-13-10)6-3-5-15-7-4-12-9-15/h4,7-9,11,17H,2-3,5-6H2,1H3. The Labute approximate surface area is 99.9 Å². The molecule has 17 heavy (non-hydrogen) atoms. The molecule has 1 unspecified atom stereocenters. The van der Waals surface area contributed by atoms with Crippen LogP contribution in [0.4, 0.5) is 0 Å². The molecule has 0 bridgehead atoms. The van der Waals surface area contributed by atoms with E-state index in [1.54, 1.807) is 17.2 Å². The average molecular weight is 235 g/mol. The number of aromatic nitrogens is 5. The molecule has 0 saturated carbocycles. The molecule has 6 nitrogen and oxygen atoms in total. The Bertz CT molecular complexity index is 436. The Balaban J connectivity index is 1.81. The van der Waals surface area contributed by atoms with Gasteiger partial charge in [-0.1, -0.05) is 12.1 Å². The topological polar surface area (TPSA) is 68.8 Å². The Kier molecular flexibility index (Phi) is 3.87. The third kappa shape index (κ3) is 3.13. The summed E-state index contributed by atoms with van der Waals surface area (Å²) in [6.07, 6.45) is 8.43. The van der Waals surface area contributed by atoms with Crippen LogP contribution >= 0.6 is 0 Å². The van der Waals surface area contributed by atoms with E-state index in [1.807, 2.05) is 23.9 Å². The van der Waals surface area contributed by atoms with Gasteiger partial charge in [-0.15, -0.1) is 5.10 Å². The van der Waals surface area contributed by atoms with Gasteiger partial charge in [0.1, 0.15) is 5.69 Å². The first kappa shape index (κ1) is 11.8. The predicted molar refractivity (Wildman–Crippen MR) is 62.1 cm³/mol. The summed E-state index contributed by atoms with van der Waals surface area (Å²) in [5, 5.41) is 17.5. The molecule has 92 valence electrons. The smallest absolute Gasteiger partial charge is 0.111 e. The van der Waals surface area contributed by atoms with E-state index in [1.165, 1.54) is 0 Å². The molecule has 0 aromatic carbocycles. The Morgan fingerprint density at radius 3 is 3.00 bits per heavy atom. The summed E-state index contributed by atoms with van der Waals surface area (Å²) < 4.78 is 3.80. The monoisotopic (exact) mass is 235 g/mol. The van der Waals surface area contributed by atoms with Crippen LogP contribution in [0.3, 0.4) is 0 Å². The zero-order chi connectivity index (χ0) is 12.1. The van der Waals surface area contributed by atoms with Crippen LogP contribution in [0.15, 0.2) is 24.9 Å². The van der Waals surface area contributed by atoms with Crippen molar-refractivity contribution in [1.29, 1.82) is 0 Å². The lowest BCUT2D eigenvalue weighted by Crippen LogP contribution is -2.03. The third-order valence-corrected chi connectivity index (χ3v) is 2.65. The van der Waals surface area contributed by atoms with Crippen molar-refractivity contribution in [2.45, 2.75) is 39.0 Å². The molecule has 0 spiro atoms. The van der Waals surface area contributed by atoms with E-state index in [4.69, 9.17) is 0 Å². The van der Waals surface area contributed by atoms with Gasteiger partial charge in [-0.05, 0) is 12.8 Å². The fraction of sp³-hybridized carbons (Fsp3) is 0.545. The molecule has 2 rings (SSSR count). The summed E-state index contributed by atoms with van der Waals surface area (Å²) in [4.78, 5) is 3.98. The molecule has 0 fully saturated rings. The molecule has 0 radical (unpaired) electrons. The molecular formula is C11H17N5O. The minimum Gasteiger partial charge on any atom is -0.387 e. The van der Waals surface area contributed by atoms with Gasteiger partial charge >= 0.3 is 0 Å². The number of hydrogen-bond acceptors (Lipinski definition) is 4. The summed E-state index contributed by atoms with van der Waals surface area (Å²) >= 11 is 0. The van der Waals surface area contributed by atoms with Crippen molar-refractivity contribution in [1.82, 2.24) is 24.5 Å². The van der Waals surface area contributed by atoms with Crippen LogP contribution < -0.4 is 0 Å². The number of aliphatic hydroxyl groups excluding tert-OH is 1. The second-order valence-corrected chi connectivity index (χ2v) is 3.98. The van der Waals surface area contributed by atoms with E-state index in [-0.39, 0.29) is 0 Å². The molecule has 0 saturated heterocycles. The summed E-state index contributed by atoms with van der Waals surface area (Å²) in [5.41, 5.74) is 0.648. The van der Waals surface area contributed by atoms with Crippen molar-refractivity contribution >= 4 is 0 Å². The van der Waals surface area contributed by atoms with E-state index in [0.717, 1.165) is 19.5 Å². The number of rotatable bonds is 6. The highest BCUT2D eigenvalue weighted by molar-refractivity contribution is 4.96. The van der Waals surface area contributed by atoms with Crippen LogP contribution in [-0.2, 0) is 13.1 Å². The number of hydrogen-bond donors (Lipinski definition) is 1. The van der Waals surface area contributed by atoms with Crippen molar-refractivity contribution in [2.24, 2.45) is 0 Å².